The van der Waals surface area contributed by atoms with Crippen LogP contribution in [0.2, 0.25) is 11.6 Å². The summed E-state index contributed by atoms with van der Waals surface area (Å²) in [5.74, 6) is 1.82. The quantitative estimate of drug-likeness (QED) is 0.525. The number of nitrogens with two attached hydrogens (primary N) is 1. The van der Waals surface area contributed by atoms with Gasteiger partial charge in [0.1, 0.15) is 7.28 Å². The second-order valence-electron chi connectivity index (χ2n) is 4.22. The Kier molecular flexibility index (Phi) is 2.21. The average Bonchev–Trinajstić information content (AvgIpc) is 2.34. The minimum absolute atomic E-state index is 0.496. The Morgan fingerprint density at radius 2 is 1.82 bits per heavy atom. The van der Waals surface area contributed by atoms with Gasteiger partial charge in [0.05, 0.1) is 0 Å². The topological polar surface area (TPSA) is 26.0 Å². The molecular weight excluding hydrogens is 133 g/mol. The van der Waals surface area contributed by atoms with Crippen LogP contribution in [0.25, 0.3) is 0 Å². The van der Waals surface area contributed by atoms with E-state index in [1.54, 1.807) is 0 Å². The maximum atomic E-state index is 5.97. The van der Waals surface area contributed by atoms with Crippen LogP contribution in [0.4, 0.5) is 0 Å². The molecule has 2 bridgehead atoms. The summed E-state index contributed by atoms with van der Waals surface area (Å²) in [6, 6.07) is 0.496. The van der Waals surface area contributed by atoms with E-state index in [-0.39, 0.29) is 0 Å². The Morgan fingerprint density at radius 3 is 2.73 bits per heavy atom. The molecule has 2 heteroatoms. The molecule has 0 aromatic carbocycles. The Labute approximate surface area is 70.0 Å². The summed E-state index contributed by atoms with van der Waals surface area (Å²) in [6.07, 6.45) is 8.15. The van der Waals surface area contributed by atoms with Gasteiger partial charge in [-0.2, -0.15) is 0 Å². The van der Waals surface area contributed by atoms with Gasteiger partial charge in [-0.15, -0.1) is 0 Å². The lowest BCUT2D eigenvalue weighted by Gasteiger charge is -2.19. The molecule has 0 saturated carbocycles. The van der Waals surface area contributed by atoms with E-state index < -0.39 is 0 Å². The van der Waals surface area contributed by atoms with Gasteiger partial charge in [0.15, 0.2) is 0 Å². The van der Waals surface area contributed by atoms with Crippen molar-refractivity contribution in [1.82, 2.24) is 0 Å². The maximum Gasteiger partial charge on any atom is 0.117 e. The van der Waals surface area contributed by atoms with Crippen LogP contribution in [0, 0.1) is 0 Å². The van der Waals surface area contributed by atoms with Gasteiger partial charge >= 0.3 is 0 Å². The molecule has 3 unspecified atom stereocenters. The molecule has 2 heterocycles. The Hall–Kier alpha value is 0.0249. The first-order valence-electron chi connectivity index (χ1n) is 4.95. The smallest absolute Gasteiger partial charge is 0.117 e. The number of rotatable bonds is 0. The fraction of sp³-hybridized carbons (Fsp3) is 1.00. The number of hydrogen-bond donors (Lipinski definition) is 1. The highest BCUT2D eigenvalue weighted by Crippen LogP contribution is 2.40. The van der Waals surface area contributed by atoms with Crippen molar-refractivity contribution in [3.63, 3.8) is 0 Å². The molecule has 11 heavy (non-hydrogen) atoms. The molecule has 2 aliphatic rings. The summed E-state index contributed by atoms with van der Waals surface area (Å²) in [4.78, 5) is 0. The van der Waals surface area contributed by atoms with Crippen molar-refractivity contribution in [1.29, 1.82) is 0 Å². The zero-order valence-electron chi connectivity index (χ0n) is 7.13. The molecule has 2 aliphatic heterocycles. The molecule has 2 saturated heterocycles. The minimum Gasteiger partial charge on any atom is -0.328 e. The molecule has 0 aromatic heterocycles. The van der Waals surface area contributed by atoms with Gasteiger partial charge in [0, 0.05) is 6.04 Å². The molecule has 3 atom stereocenters. The Bertz CT molecular complexity index is 138. The number of hydrogen-bond acceptors (Lipinski definition) is 1. The summed E-state index contributed by atoms with van der Waals surface area (Å²) in [6.45, 7) is 0. The van der Waals surface area contributed by atoms with Crippen molar-refractivity contribution >= 4 is 7.28 Å². The fourth-order valence-corrected chi connectivity index (χ4v) is 2.59. The highest BCUT2D eigenvalue weighted by atomic mass is 14.6. The molecule has 0 amide bonds. The van der Waals surface area contributed by atoms with Crippen LogP contribution in [0.15, 0.2) is 0 Å². The first-order valence-corrected chi connectivity index (χ1v) is 4.95. The van der Waals surface area contributed by atoms with Crippen LogP contribution in [-0.4, -0.2) is 13.3 Å². The zero-order chi connectivity index (χ0) is 7.68. The predicted octanol–water partition coefficient (Wildman–Crippen LogP) is 1.96. The summed E-state index contributed by atoms with van der Waals surface area (Å²) < 4.78 is 0. The second kappa shape index (κ2) is 3.18. The number of fused-ring (bicyclic) bond motifs is 2. The summed E-state index contributed by atoms with van der Waals surface area (Å²) in [7, 11) is 2.57. The summed E-state index contributed by atoms with van der Waals surface area (Å²) in [5, 5.41) is 0. The normalized spacial score (nSPS) is 44.3. The van der Waals surface area contributed by atoms with Gasteiger partial charge in [0.2, 0.25) is 0 Å². The SMILES string of the molecule is NC1CCCC2[B]C(CC2)C1. The second-order valence-corrected chi connectivity index (χ2v) is 4.22. The van der Waals surface area contributed by atoms with E-state index in [9.17, 15) is 0 Å². The van der Waals surface area contributed by atoms with Crippen molar-refractivity contribution in [3.05, 3.63) is 0 Å². The fourth-order valence-electron chi connectivity index (χ4n) is 2.59. The average molecular weight is 150 g/mol. The van der Waals surface area contributed by atoms with E-state index in [1.807, 2.05) is 0 Å². The monoisotopic (exact) mass is 150 g/mol. The molecule has 1 radical (unpaired) electrons. The molecule has 0 aliphatic carbocycles. The Morgan fingerprint density at radius 1 is 1.00 bits per heavy atom. The van der Waals surface area contributed by atoms with Crippen LogP contribution in [0.5, 0.6) is 0 Å². The van der Waals surface area contributed by atoms with Crippen LogP contribution in [0.3, 0.4) is 0 Å². The van der Waals surface area contributed by atoms with Crippen molar-refractivity contribution in [3.8, 4) is 0 Å². The lowest BCUT2D eigenvalue weighted by atomic mass is 9.56. The van der Waals surface area contributed by atoms with Crippen molar-refractivity contribution in [2.24, 2.45) is 5.73 Å². The molecule has 2 rings (SSSR count). The van der Waals surface area contributed by atoms with E-state index in [2.05, 4.69) is 7.28 Å². The third-order valence-corrected chi connectivity index (χ3v) is 3.21. The lowest BCUT2D eigenvalue weighted by molar-refractivity contribution is 0.520. The van der Waals surface area contributed by atoms with Gasteiger partial charge in [-0.1, -0.05) is 37.3 Å². The summed E-state index contributed by atoms with van der Waals surface area (Å²) >= 11 is 0. The van der Waals surface area contributed by atoms with Crippen molar-refractivity contribution in [2.45, 2.75) is 56.2 Å². The van der Waals surface area contributed by atoms with Crippen LogP contribution in [-0.2, 0) is 0 Å². The van der Waals surface area contributed by atoms with E-state index in [0.29, 0.717) is 6.04 Å². The summed E-state index contributed by atoms with van der Waals surface area (Å²) in [5.41, 5.74) is 5.97. The molecule has 61 valence electrons. The Balaban J connectivity index is 1.94. The van der Waals surface area contributed by atoms with Gasteiger partial charge in [0.25, 0.3) is 0 Å². The van der Waals surface area contributed by atoms with Crippen LogP contribution in [0.1, 0.15) is 38.5 Å². The van der Waals surface area contributed by atoms with Gasteiger partial charge < -0.3 is 5.73 Å². The zero-order valence-corrected chi connectivity index (χ0v) is 7.13. The van der Waals surface area contributed by atoms with Gasteiger partial charge in [-0.3, -0.25) is 0 Å². The standard InChI is InChI=1S/C9H17BN/c11-9-3-1-2-7-4-5-8(6-9)10-7/h7-9H,1-6,11H2. The van der Waals surface area contributed by atoms with E-state index in [1.165, 1.54) is 38.5 Å². The lowest BCUT2D eigenvalue weighted by Crippen LogP contribution is -2.24. The molecule has 2 fully saturated rings. The van der Waals surface area contributed by atoms with E-state index >= 15 is 0 Å². The molecule has 0 spiro atoms. The van der Waals surface area contributed by atoms with Crippen LogP contribution < -0.4 is 5.73 Å². The highest BCUT2D eigenvalue weighted by Gasteiger charge is 2.28. The van der Waals surface area contributed by atoms with E-state index in [0.717, 1.165) is 11.6 Å². The van der Waals surface area contributed by atoms with E-state index in [4.69, 9.17) is 5.73 Å². The first-order chi connectivity index (χ1) is 5.34. The van der Waals surface area contributed by atoms with Gasteiger partial charge in [-0.25, -0.2) is 0 Å². The minimum atomic E-state index is 0.496. The van der Waals surface area contributed by atoms with Gasteiger partial charge in [-0.05, 0) is 12.8 Å². The first kappa shape index (κ1) is 7.66. The third-order valence-electron chi connectivity index (χ3n) is 3.21. The largest absolute Gasteiger partial charge is 0.328 e. The molecule has 1 nitrogen and oxygen atoms in total. The predicted molar refractivity (Wildman–Crippen MR) is 48.9 cm³/mol. The molecule has 0 aromatic rings. The van der Waals surface area contributed by atoms with Crippen LogP contribution >= 0.6 is 0 Å². The highest BCUT2D eigenvalue weighted by molar-refractivity contribution is 6.40. The maximum absolute atomic E-state index is 5.97. The molecular formula is C9H17BN. The third kappa shape index (κ3) is 1.78. The van der Waals surface area contributed by atoms with Crippen molar-refractivity contribution < 1.29 is 0 Å². The molecule has 2 N–H and O–H groups in total. The van der Waals surface area contributed by atoms with Crippen molar-refractivity contribution in [2.75, 3.05) is 0 Å².